The zero-order valence-corrected chi connectivity index (χ0v) is 24.0. The largest absolute Gasteiger partial charge is 0.416 e. The van der Waals surface area contributed by atoms with Gasteiger partial charge in [0.2, 0.25) is 0 Å². The van der Waals surface area contributed by atoms with Crippen LogP contribution < -0.4 is 15.1 Å². The Balaban J connectivity index is 1.25. The number of anilines is 2. The first-order valence-corrected chi connectivity index (χ1v) is 14.9. The zero-order chi connectivity index (χ0) is 29.7. The van der Waals surface area contributed by atoms with E-state index in [2.05, 4.69) is 10.2 Å². The first-order chi connectivity index (χ1) is 20.2. The number of carbonyl (C=O) groups excluding carboxylic acids is 1. The highest BCUT2D eigenvalue weighted by molar-refractivity contribution is 5.92. The Morgan fingerprint density at radius 2 is 1.60 bits per heavy atom. The van der Waals surface area contributed by atoms with Crippen molar-refractivity contribution in [2.24, 2.45) is 5.92 Å². The summed E-state index contributed by atoms with van der Waals surface area (Å²) in [6, 6.07) is 10.2. The molecule has 7 nitrogen and oxygen atoms in total. The normalized spacial score (nSPS) is 20.4. The molecule has 11 heteroatoms. The van der Waals surface area contributed by atoms with E-state index in [4.69, 9.17) is 9.47 Å². The monoisotopic (exact) mass is 592 g/mol. The van der Waals surface area contributed by atoms with Gasteiger partial charge in [-0.1, -0.05) is 12.1 Å². The quantitative estimate of drug-likeness (QED) is 0.409. The molecule has 0 saturated carbocycles. The van der Waals surface area contributed by atoms with Crippen LogP contribution in [0.3, 0.4) is 0 Å². The molecular formula is C31H40F4N4O3. The topological polar surface area (TPSA) is 57.3 Å². The molecule has 3 saturated heterocycles. The molecule has 0 spiro atoms. The number of morpholine rings is 1. The SMILES string of the molecule is CC(c1ccc(C(F)(F)F)cc1)N1CCC(CN(C(=O)NC2CCOCC2)c2ccc(N3CCOCC3)c(F)c2)CC1. The highest BCUT2D eigenvalue weighted by Crippen LogP contribution is 2.33. The summed E-state index contributed by atoms with van der Waals surface area (Å²) in [6.07, 6.45) is -1.23. The number of hydrogen-bond acceptors (Lipinski definition) is 5. The molecule has 0 bridgehead atoms. The van der Waals surface area contributed by atoms with Crippen molar-refractivity contribution < 1.29 is 31.8 Å². The molecule has 0 radical (unpaired) electrons. The average Bonchev–Trinajstić information content (AvgIpc) is 3.00. The number of hydrogen-bond donors (Lipinski definition) is 1. The molecule has 2 aromatic rings. The Bertz CT molecular complexity index is 1180. The van der Waals surface area contributed by atoms with Crippen LogP contribution >= 0.6 is 0 Å². The van der Waals surface area contributed by atoms with Crippen LogP contribution in [0.4, 0.5) is 33.7 Å². The lowest BCUT2D eigenvalue weighted by Crippen LogP contribution is -2.49. The number of amides is 2. The van der Waals surface area contributed by atoms with Crippen molar-refractivity contribution in [2.75, 3.05) is 69.0 Å². The minimum atomic E-state index is -4.35. The van der Waals surface area contributed by atoms with Crippen LogP contribution in [0.1, 0.15) is 49.8 Å². The number of rotatable bonds is 7. The van der Waals surface area contributed by atoms with Crippen molar-refractivity contribution >= 4 is 17.4 Å². The Hall–Kier alpha value is -2.89. The molecular weight excluding hydrogens is 552 g/mol. The molecule has 42 heavy (non-hydrogen) atoms. The third-order valence-electron chi connectivity index (χ3n) is 8.75. The molecule has 5 rings (SSSR count). The third-order valence-corrected chi connectivity index (χ3v) is 8.75. The van der Waals surface area contributed by atoms with Gasteiger partial charge in [0.25, 0.3) is 0 Å². The number of ether oxygens (including phenoxy) is 2. The first kappa shape index (κ1) is 30.6. The summed E-state index contributed by atoms with van der Waals surface area (Å²) in [7, 11) is 0. The fourth-order valence-corrected chi connectivity index (χ4v) is 6.07. The van der Waals surface area contributed by atoms with Crippen LogP contribution in [0.5, 0.6) is 0 Å². The van der Waals surface area contributed by atoms with E-state index in [1.165, 1.54) is 6.07 Å². The van der Waals surface area contributed by atoms with Crippen LogP contribution in [-0.4, -0.2) is 76.1 Å². The highest BCUT2D eigenvalue weighted by Gasteiger charge is 2.32. The van der Waals surface area contributed by atoms with Gasteiger partial charge in [0.15, 0.2) is 0 Å². The van der Waals surface area contributed by atoms with Gasteiger partial charge in [-0.2, -0.15) is 13.2 Å². The van der Waals surface area contributed by atoms with E-state index in [1.54, 1.807) is 23.1 Å². The summed E-state index contributed by atoms with van der Waals surface area (Å²) in [4.78, 5) is 19.5. The van der Waals surface area contributed by atoms with E-state index >= 15 is 4.39 Å². The van der Waals surface area contributed by atoms with Gasteiger partial charge in [0.1, 0.15) is 5.82 Å². The Morgan fingerprint density at radius 1 is 0.952 bits per heavy atom. The van der Waals surface area contributed by atoms with Crippen LogP contribution in [0.2, 0.25) is 0 Å². The molecule has 3 aliphatic heterocycles. The maximum atomic E-state index is 15.4. The smallest absolute Gasteiger partial charge is 0.381 e. The molecule has 3 heterocycles. The minimum absolute atomic E-state index is 0.0117. The van der Waals surface area contributed by atoms with E-state index in [0.717, 1.165) is 56.5 Å². The summed E-state index contributed by atoms with van der Waals surface area (Å²) >= 11 is 0. The molecule has 2 aromatic carbocycles. The first-order valence-electron chi connectivity index (χ1n) is 14.9. The third kappa shape index (κ3) is 7.54. The predicted octanol–water partition coefficient (Wildman–Crippen LogP) is 5.85. The van der Waals surface area contributed by atoms with Crippen molar-refractivity contribution in [1.82, 2.24) is 10.2 Å². The fraction of sp³-hybridized carbons (Fsp3) is 0.581. The van der Waals surface area contributed by atoms with Crippen LogP contribution in [0.15, 0.2) is 42.5 Å². The van der Waals surface area contributed by atoms with Gasteiger partial charge < -0.3 is 19.7 Å². The number of carbonyl (C=O) groups is 1. The van der Waals surface area contributed by atoms with Gasteiger partial charge in [-0.15, -0.1) is 0 Å². The van der Waals surface area contributed by atoms with Gasteiger partial charge in [0, 0.05) is 50.6 Å². The summed E-state index contributed by atoms with van der Waals surface area (Å²) < 4.78 is 65.1. The highest BCUT2D eigenvalue weighted by atomic mass is 19.4. The zero-order valence-electron chi connectivity index (χ0n) is 24.0. The molecule has 3 fully saturated rings. The summed E-state index contributed by atoms with van der Waals surface area (Å²) in [5.74, 6) is -0.165. The Morgan fingerprint density at radius 3 is 2.21 bits per heavy atom. The molecule has 2 amide bonds. The number of urea groups is 1. The molecule has 3 aliphatic rings. The van der Waals surface area contributed by atoms with Crippen LogP contribution in [0, 0.1) is 11.7 Å². The fourth-order valence-electron chi connectivity index (χ4n) is 6.07. The number of likely N-dealkylation sites (tertiary alicyclic amines) is 1. The number of nitrogens with one attached hydrogen (secondary N) is 1. The van der Waals surface area contributed by atoms with E-state index in [-0.39, 0.29) is 29.8 Å². The van der Waals surface area contributed by atoms with E-state index in [1.807, 2.05) is 17.9 Å². The van der Waals surface area contributed by atoms with Crippen molar-refractivity contribution in [3.63, 3.8) is 0 Å². The second kappa shape index (κ2) is 13.6. The van der Waals surface area contributed by atoms with Gasteiger partial charge in [0.05, 0.1) is 24.5 Å². The molecule has 1 N–H and O–H groups in total. The van der Waals surface area contributed by atoms with Crippen LogP contribution in [0.25, 0.3) is 0 Å². The van der Waals surface area contributed by atoms with E-state index in [0.29, 0.717) is 57.4 Å². The molecule has 1 unspecified atom stereocenters. The maximum absolute atomic E-state index is 15.4. The van der Waals surface area contributed by atoms with Gasteiger partial charge in [-0.25, -0.2) is 9.18 Å². The van der Waals surface area contributed by atoms with Gasteiger partial charge in [-0.05, 0) is 87.5 Å². The van der Waals surface area contributed by atoms with Crippen molar-refractivity contribution in [2.45, 2.75) is 50.9 Å². The number of piperidine rings is 1. The number of benzene rings is 2. The molecule has 230 valence electrons. The second-order valence-corrected chi connectivity index (χ2v) is 11.5. The molecule has 0 aliphatic carbocycles. The number of halogens is 4. The standard InChI is InChI=1S/C31H40F4N4O3/c1-22(24-2-4-25(5-3-24)31(33,34)35)37-12-8-23(9-13-37)21-39(30(40)36-26-10-16-41-17-11-26)27-6-7-29(28(32)20-27)38-14-18-42-19-15-38/h2-7,20,22-23,26H,8-19,21H2,1H3,(H,36,40). The van der Waals surface area contributed by atoms with Crippen molar-refractivity contribution in [1.29, 1.82) is 0 Å². The molecule has 0 aromatic heterocycles. The lowest BCUT2D eigenvalue weighted by atomic mass is 9.93. The number of nitrogens with zero attached hydrogens (tertiary/aromatic N) is 3. The lowest BCUT2D eigenvalue weighted by molar-refractivity contribution is -0.137. The summed E-state index contributed by atoms with van der Waals surface area (Å²) in [6.45, 7) is 7.52. The van der Waals surface area contributed by atoms with Crippen LogP contribution in [-0.2, 0) is 15.7 Å². The van der Waals surface area contributed by atoms with Crippen molar-refractivity contribution in [3.8, 4) is 0 Å². The Labute approximate surface area is 244 Å². The van der Waals surface area contributed by atoms with Gasteiger partial charge >= 0.3 is 12.2 Å². The van der Waals surface area contributed by atoms with E-state index in [9.17, 15) is 18.0 Å². The average molecular weight is 593 g/mol. The Kier molecular flexibility index (Phi) is 9.90. The van der Waals surface area contributed by atoms with Gasteiger partial charge in [-0.3, -0.25) is 9.80 Å². The number of alkyl halides is 3. The summed E-state index contributed by atoms with van der Waals surface area (Å²) in [5.41, 5.74) is 1.23. The maximum Gasteiger partial charge on any atom is 0.416 e. The molecule has 1 atom stereocenters. The second-order valence-electron chi connectivity index (χ2n) is 11.5. The predicted molar refractivity (Wildman–Crippen MR) is 153 cm³/mol. The minimum Gasteiger partial charge on any atom is -0.381 e. The van der Waals surface area contributed by atoms with E-state index < -0.39 is 11.7 Å². The lowest BCUT2D eigenvalue weighted by Gasteiger charge is -2.38. The van der Waals surface area contributed by atoms with Crippen molar-refractivity contribution in [3.05, 3.63) is 59.4 Å². The summed E-state index contributed by atoms with van der Waals surface area (Å²) in [5, 5.41) is 3.14.